The zero-order chi connectivity index (χ0) is 19.9. The molecule has 1 saturated heterocycles. The largest absolute Gasteiger partial charge is 0.345 e. The number of anilines is 1. The van der Waals surface area contributed by atoms with Crippen LogP contribution in [-0.4, -0.2) is 38.6 Å². The number of quaternary nitrogens is 1. The highest BCUT2D eigenvalue weighted by atomic mass is 16.2. The van der Waals surface area contributed by atoms with Crippen LogP contribution in [0.1, 0.15) is 37.9 Å². The van der Waals surface area contributed by atoms with E-state index >= 15 is 0 Å². The molecule has 0 aliphatic carbocycles. The van der Waals surface area contributed by atoms with E-state index in [4.69, 9.17) is 0 Å². The summed E-state index contributed by atoms with van der Waals surface area (Å²) in [7, 11) is 0. The van der Waals surface area contributed by atoms with Gasteiger partial charge in [-0.25, -0.2) is 4.98 Å². The van der Waals surface area contributed by atoms with E-state index in [9.17, 15) is 4.79 Å². The van der Waals surface area contributed by atoms with Crippen molar-refractivity contribution in [1.29, 1.82) is 0 Å². The third-order valence-corrected chi connectivity index (χ3v) is 5.42. The molecule has 1 aromatic heterocycles. The van der Waals surface area contributed by atoms with Crippen LogP contribution in [0.4, 0.5) is 5.82 Å². The lowest BCUT2D eigenvalue weighted by molar-refractivity contribution is -0.892. The van der Waals surface area contributed by atoms with E-state index in [0.29, 0.717) is 12.5 Å². The second kappa shape index (κ2) is 9.69. The van der Waals surface area contributed by atoms with Crippen molar-refractivity contribution in [2.24, 2.45) is 5.92 Å². The molecule has 1 aromatic carbocycles. The van der Waals surface area contributed by atoms with Crippen LogP contribution in [0.2, 0.25) is 0 Å². The van der Waals surface area contributed by atoms with Crippen molar-refractivity contribution in [3.63, 3.8) is 0 Å². The minimum absolute atomic E-state index is 0.0419. The van der Waals surface area contributed by atoms with Crippen LogP contribution in [0.3, 0.4) is 0 Å². The first kappa shape index (κ1) is 20.3. The highest BCUT2D eigenvalue weighted by molar-refractivity contribution is 5.77. The van der Waals surface area contributed by atoms with E-state index in [1.165, 1.54) is 16.0 Å². The molecule has 0 bridgehead atoms. The maximum atomic E-state index is 12.5. The van der Waals surface area contributed by atoms with Gasteiger partial charge < -0.3 is 10.2 Å². The minimum atomic E-state index is 0.0419. The first-order valence-corrected chi connectivity index (χ1v) is 10.4. The Balaban J connectivity index is 1.44. The van der Waals surface area contributed by atoms with Gasteiger partial charge >= 0.3 is 0 Å². The summed E-state index contributed by atoms with van der Waals surface area (Å²) >= 11 is 0. The molecule has 1 aliphatic rings. The van der Waals surface area contributed by atoms with Crippen LogP contribution in [0.5, 0.6) is 0 Å². The fraction of sp³-hybridized carbons (Fsp3) is 0.478. The van der Waals surface area contributed by atoms with Gasteiger partial charge in [-0.3, -0.25) is 9.69 Å². The molecule has 3 N–H and O–H groups in total. The topological polar surface area (TPSA) is 50.9 Å². The van der Waals surface area contributed by atoms with Gasteiger partial charge in [-0.1, -0.05) is 44.2 Å². The molecule has 2 heterocycles. The van der Waals surface area contributed by atoms with Crippen LogP contribution in [0.25, 0.3) is 0 Å². The summed E-state index contributed by atoms with van der Waals surface area (Å²) in [4.78, 5) is 19.5. The maximum absolute atomic E-state index is 12.5. The first-order valence-electron chi connectivity index (χ1n) is 10.4. The molecule has 1 atom stereocenters. The third-order valence-electron chi connectivity index (χ3n) is 5.42. The molecule has 28 heavy (non-hydrogen) atoms. The Morgan fingerprint density at radius 1 is 1.11 bits per heavy atom. The molecule has 1 amide bonds. The molecule has 0 spiro atoms. The second-order valence-electron chi connectivity index (χ2n) is 8.29. The Kier molecular flexibility index (Phi) is 7.04. The standard InChI is InChI=1S/C23H32N4O/c1-18(2)16-20-7-9-21(10-8-20)19(3)25-23(28)17-26-12-14-27(15-13-26)22-6-4-5-11-24-22/h4-11,18-19H,12-17H2,1-3H3,(H,25,28)/p+2/t19-/m0/s1. The summed E-state index contributed by atoms with van der Waals surface area (Å²) in [5.74, 6) is 1.94. The molecule has 0 unspecified atom stereocenters. The van der Waals surface area contributed by atoms with Gasteiger partial charge in [-0.05, 0) is 36.5 Å². The Morgan fingerprint density at radius 3 is 2.43 bits per heavy atom. The Morgan fingerprint density at radius 2 is 1.82 bits per heavy atom. The third kappa shape index (κ3) is 5.80. The van der Waals surface area contributed by atoms with Gasteiger partial charge in [0.2, 0.25) is 0 Å². The average Bonchev–Trinajstić information content (AvgIpc) is 2.69. The van der Waals surface area contributed by atoms with Crippen LogP contribution < -0.4 is 20.1 Å². The molecule has 3 rings (SSSR count). The predicted molar refractivity (Wildman–Crippen MR) is 112 cm³/mol. The van der Waals surface area contributed by atoms with E-state index in [0.717, 1.165) is 38.4 Å². The fourth-order valence-electron chi connectivity index (χ4n) is 3.84. The number of nitrogens with one attached hydrogen (secondary N) is 3. The van der Waals surface area contributed by atoms with Gasteiger partial charge in [0.1, 0.15) is 26.2 Å². The quantitative estimate of drug-likeness (QED) is 0.758. The van der Waals surface area contributed by atoms with Crippen molar-refractivity contribution < 1.29 is 14.7 Å². The van der Waals surface area contributed by atoms with Crippen LogP contribution in [-0.2, 0) is 11.2 Å². The van der Waals surface area contributed by atoms with E-state index in [-0.39, 0.29) is 11.9 Å². The second-order valence-corrected chi connectivity index (χ2v) is 8.29. The normalized spacial score (nSPS) is 16.2. The van der Waals surface area contributed by atoms with E-state index < -0.39 is 0 Å². The minimum Gasteiger partial charge on any atom is -0.345 e. The number of nitrogens with zero attached hydrogens (tertiary/aromatic N) is 1. The van der Waals surface area contributed by atoms with Crippen molar-refractivity contribution in [2.45, 2.75) is 33.2 Å². The number of hydrogen-bond donors (Lipinski definition) is 2. The summed E-state index contributed by atoms with van der Waals surface area (Å²) in [6.45, 7) is 11.0. The number of carbonyl (C=O) groups excluding carboxylic acids is 1. The number of carbonyl (C=O) groups is 1. The van der Waals surface area contributed by atoms with Gasteiger partial charge in [0.25, 0.3) is 11.7 Å². The van der Waals surface area contributed by atoms with Crippen LogP contribution in [0.15, 0.2) is 48.7 Å². The predicted octanol–water partition coefficient (Wildman–Crippen LogP) is 1.28. The van der Waals surface area contributed by atoms with Gasteiger partial charge in [0, 0.05) is 6.07 Å². The lowest BCUT2D eigenvalue weighted by Crippen LogP contribution is -3.16. The maximum Gasteiger partial charge on any atom is 0.275 e. The number of aromatic nitrogens is 1. The summed E-state index contributed by atoms with van der Waals surface area (Å²) in [6, 6.07) is 14.8. The molecular formula is C23H34N4O+2. The summed E-state index contributed by atoms with van der Waals surface area (Å²) in [5.41, 5.74) is 2.52. The van der Waals surface area contributed by atoms with Crippen molar-refractivity contribution in [3.8, 4) is 0 Å². The van der Waals surface area contributed by atoms with Gasteiger partial charge in [-0.2, -0.15) is 0 Å². The Hall–Kier alpha value is -2.40. The van der Waals surface area contributed by atoms with Crippen molar-refractivity contribution in [2.75, 3.05) is 37.6 Å². The molecule has 5 heteroatoms. The number of hydrogen-bond acceptors (Lipinski definition) is 2. The highest BCUT2D eigenvalue weighted by Crippen LogP contribution is 2.15. The molecule has 0 radical (unpaired) electrons. The van der Waals surface area contributed by atoms with Gasteiger partial charge in [0.05, 0.1) is 12.2 Å². The summed E-state index contributed by atoms with van der Waals surface area (Å²) in [5, 5.41) is 3.17. The zero-order valence-corrected chi connectivity index (χ0v) is 17.4. The van der Waals surface area contributed by atoms with E-state index in [2.05, 4.69) is 72.4 Å². The van der Waals surface area contributed by atoms with Crippen LogP contribution >= 0.6 is 0 Å². The first-order chi connectivity index (χ1) is 13.5. The SMILES string of the molecule is CC(C)Cc1ccc([C@H](C)NC(=O)C[NH+]2CCN(c3cccc[nH+]3)CC2)cc1. The highest BCUT2D eigenvalue weighted by Gasteiger charge is 2.27. The Bertz CT molecular complexity index is 737. The zero-order valence-electron chi connectivity index (χ0n) is 17.4. The number of H-pyrrole nitrogens is 1. The van der Waals surface area contributed by atoms with Crippen molar-refractivity contribution in [1.82, 2.24) is 5.32 Å². The number of piperazine rings is 1. The van der Waals surface area contributed by atoms with E-state index in [1.807, 2.05) is 12.3 Å². The lowest BCUT2D eigenvalue weighted by atomic mass is 10.00. The molecule has 1 fully saturated rings. The van der Waals surface area contributed by atoms with E-state index in [1.54, 1.807) is 0 Å². The molecular weight excluding hydrogens is 348 g/mol. The number of rotatable bonds is 7. The monoisotopic (exact) mass is 382 g/mol. The van der Waals surface area contributed by atoms with Gasteiger partial charge in [-0.15, -0.1) is 0 Å². The van der Waals surface area contributed by atoms with Gasteiger partial charge in [0.15, 0.2) is 6.54 Å². The summed E-state index contributed by atoms with van der Waals surface area (Å²) < 4.78 is 0. The Labute approximate surface area is 168 Å². The van der Waals surface area contributed by atoms with Crippen LogP contribution in [0, 0.1) is 5.92 Å². The number of benzene rings is 1. The molecule has 150 valence electrons. The number of aromatic amines is 1. The van der Waals surface area contributed by atoms with Crippen molar-refractivity contribution >= 4 is 11.7 Å². The number of amides is 1. The molecule has 0 saturated carbocycles. The summed E-state index contributed by atoms with van der Waals surface area (Å²) in [6.07, 6.45) is 3.05. The molecule has 5 nitrogen and oxygen atoms in total. The number of pyridine rings is 1. The smallest absolute Gasteiger partial charge is 0.275 e. The fourth-order valence-corrected chi connectivity index (χ4v) is 3.84. The molecule has 2 aromatic rings. The van der Waals surface area contributed by atoms with Crippen molar-refractivity contribution in [3.05, 3.63) is 59.8 Å². The molecule has 1 aliphatic heterocycles. The average molecular weight is 383 g/mol. The lowest BCUT2D eigenvalue weighted by Gasteiger charge is -2.28.